The minimum Gasteiger partial charge on any atom is -0.309 e. The lowest BCUT2D eigenvalue weighted by molar-refractivity contribution is -0.117. The van der Waals surface area contributed by atoms with E-state index in [4.69, 9.17) is 11.6 Å². The predicted molar refractivity (Wildman–Crippen MR) is 50.8 cm³/mol. The van der Waals surface area contributed by atoms with Crippen molar-refractivity contribution in [1.29, 1.82) is 0 Å². The molecule has 0 saturated carbocycles. The first-order chi connectivity index (χ1) is 6.66. The Morgan fingerprint density at radius 2 is 2.36 bits per heavy atom. The van der Waals surface area contributed by atoms with Crippen LogP contribution in [0.4, 0.5) is 10.1 Å². The fourth-order valence-corrected chi connectivity index (χ4v) is 1.73. The van der Waals surface area contributed by atoms with Crippen molar-refractivity contribution in [2.24, 2.45) is 0 Å². The van der Waals surface area contributed by atoms with Crippen LogP contribution in [0.2, 0.25) is 0 Å². The maximum absolute atomic E-state index is 12.8. The smallest absolute Gasteiger partial charge is 0.228 e. The van der Waals surface area contributed by atoms with Gasteiger partial charge in [0.25, 0.3) is 0 Å². The zero-order valence-electron chi connectivity index (χ0n) is 7.28. The second kappa shape index (κ2) is 3.53. The van der Waals surface area contributed by atoms with Gasteiger partial charge >= 0.3 is 0 Å². The normalized spacial score (nSPS) is 21.7. The number of aromatic nitrogens is 1. The molecule has 1 aromatic heterocycles. The summed E-state index contributed by atoms with van der Waals surface area (Å²) in [5.74, 6) is -0.536. The summed E-state index contributed by atoms with van der Waals surface area (Å²) in [7, 11) is 0. The Morgan fingerprint density at radius 1 is 1.57 bits per heavy atom. The molecule has 1 unspecified atom stereocenters. The molecule has 1 atom stereocenters. The summed E-state index contributed by atoms with van der Waals surface area (Å²) < 4.78 is 12.8. The van der Waals surface area contributed by atoms with Gasteiger partial charge in [-0.25, -0.2) is 4.39 Å². The molecule has 2 heterocycles. The van der Waals surface area contributed by atoms with Crippen molar-refractivity contribution in [3.63, 3.8) is 0 Å². The molecule has 0 aliphatic carbocycles. The molecule has 0 N–H and O–H groups in total. The molecule has 1 aliphatic heterocycles. The first-order valence-corrected chi connectivity index (χ1v) is 4.65. The van der Waals surface area contributed by atoms with E-state index in [9.17, 15) is 9.18 Å². The summed E-state index contributed by atoms with van der Waals surface area (Å²) in [4.78, 5) is 16.5. The highest BCUT2D eigenvalue weighted by Crippen LogP contribution is 2.23. The minimum atomic E-state index is -0.451. The fourth-order valence-electron chi connectivity index (χ4n) is 1.46. The number of anilines is 1. The van der Waals surface area contributed by atoms with Crippen LogP contribution >= 0.6 is 11.6 Å². The molecule has 14 heavy (non-hydrogen) atoms. The summed E-state index contributed by atoms with van der Waals surface area (Å²) in [6, 6.07) is 1.28. The Bertz CT molecular complexity index is 372. The molecular weight excluding hydrogens is 207 g/mol. The van der Waals surface area contributed by atoms with Crippen molar-refractivity contribution < 1.29 is 9.18 Å². The van der Waals surface area contributed by atoms with Crippen LogP contribution in [0.5, 0.6) is 0 Å². The maximum atomic E-state index is 12.8. The summed E-state index contributed by atoms with van der Waals surface area (Å²) in [6.45, 7) is 0.422. The maximum Gasteiger partial charge on any atom is 0.228 e. The average molecular weight is 215 g/mol. The van der Waals surface area contributed by atoms with Gasteiger partial charge in [-0.3, -0.25) is 9.78 Å². The summed E-state index contributed by atoms with van der Waals surface area (Å²) in [6.07, 6.45) is 2.86. The van der Waals surface area contributed by atoms with Crippen LogP contribution in [0, 0.1) is 5.82 Å². The van der Waals surface area contributed by atoms with Crippen molar-refractivity contribution in [2.45, 2.75) is 11.8 Å². The molecule has 2 rings (SSSR count). The second-order valence-electron chi connectivity index (χ2n) is 3.17. The second-order valence-corrected chi connectivity index (χ2v) is 3.78. The molecule has 1 saturated heterocycles. The molecule has 0 spiro atoms. The molecule has 5 heteroatoms. The SMILES string of the molecule is O=C1CC(Cl)CN1c1cncc(F)c1. The molecule has 0 radical (unpaired) electrons. The minimum absolute atomic E-state index is 0.0857. The lowest BCUT2D eigenvalue weighted by Crippen LogP contribution is -2.24. The highest BCUT2D eigenvalue weighted by atomic mass is 35.5. The number of hydrogen-bond donors (Lipinski definition) is 0. The van der Waals surface area contributed by atoms with Gasteiger partial charge in [-0.2, -0.15) is 0 Å². The van der Waals surface area contributed by atoms with Crippen LogP contribution in [0.25, 0.3) is 0 Å². The monoisotopic (exact) mass is 214 g/mol. The van der Waals surface area contributed by atoms with Gasteiger partial charge in [0, 0.05) is 19.0 Å². The summed E-state index contributed by atoms with van der Waals surface area (Å²) in [5, 5.41) is -0.189. The van der Waals surface area contributed by atoms with E-state index in [0.717, 1.165) is 6.20 Å². The first-order valence-electron chi connectivity index (χ1n) is 4.22. The molecule has 0 bridgehead atoms. The number of carbonyl (C=O) groups excluding carboxylic acids is 1. The van der Waals surface area contributed by atoms with Gasteiger partial charge in [0.05, 0.1) is 23.5 Å². The van der Waals surface area contributed by atoms with Gasteiger partial charge in [-0.05, 0) is 0 Å². The van der Waals surface area contributed by atoms with Crippen LogP contribution in [-0.2, 0) is 4.79 Å². The standard InChI is InChI=1S/C9H8ClFN2O/c10-6-1-9(14)13(5-6)8-2-7(11)3-12-4-8/h2-4,6H,1,5H2. The number of amides is 1. The molecule has 1 fully saturated rings. The van der Waals surface area contributed by atoms with Gasteiger partial charge < -0.3 is 4.90 Å². The van der Waals surface area contributed by atoms with Crippen LogP contribution in [0.15, 0.2) is 18.5 Å². The first kappa shape index (κ1) is 9.40. The molecule has 74 valence electrons. The number of carbonyl (C=O) groups is 1. The fraction of sp³-hybridized carbons (Fsp3) is 0.333. The number of alkyl halides is 1. The highest BCUT2D eigenvalue weighted by molar-refractivity contribution is 6.24. The lowest BCUT2D eigenvalue weighted by Gasteiger charge is -2.14. The average Bonchev–Trinajstić information content (AvgIpc) is 2.45. The molecule has 3 nitrogen and oxygen atoms in total. The van der Waals surface area contributed by atoms with E-state index in [0.29, 0.717) is 18.7 Å². The molecular formula is C9H8ClFN2O. The Kier molecular flexibility index (Phi) is 2.37. The summed E-state index contributed by atoms with van der Waals surface area (Å²) in [5.41, 5.74) is 0.471. The van der Waals surface area contributed by atoms with Crippen molar-refractivity contribution in [2.75, 3.05) is 11.4 Å². The Balaban J connectivity index is 2.27. The molecule has 1 amide bonds. The Hall–Kier alpha value is -1.16. The lowest BCUT2D eigenvalue weighted by atomic mass is 10.4. The van der Waals surface area contributed by atoms with Crippen LogP contribution in [0.3, 0.4) is 0 Å². The van der Waals surface area contributed by atoms with Crippen molar-refractivity contribution in [1.82, 2.24) is 4.98 Å². The van der Waals surface area contributed by atoms with Gasteiger partial charge in [0.15, 0.2) is 0 Å². The van der Waals surface area contributed by atoms with E-state index >= 15 is 0 Å². The van der Waals surface area contributed by atoms with Crippen molar-refractivity contribution in [3.8, 4) is 0 Å². The third-order valence-electron chi connectivity index (χ3n) is 2.08. The highest BCUT2D eigenvalue weighted by Gasteiger charge is 2.29. The summed E-state index contributed by atoms with van der Waals surface area (Å²) >= 11 is 5.81. The van der Waals surface area contributed by atoms with E-state index < -0.39 is 5.82 Å². The third kappa shape index (κ3) is 1.70. The molecule has 1 aromatic rings. The number of pyridine rings is 1. The predicted octanol–water partition coefficient (Wildman–Crippen LogP) is 1.56. The number of halogens is 2. The molecule has 0 aromatic carbocycles. The van der Waals surface area contributed by atoms with Gasteiger partial charge in [-0.15, -0.1) is 11.6 Å². The topological polar surface area (TPSA) is 33.2 Å². The van der Waals surface area contributed by atoms with Gasteiger partial charge in [0.1, 0.15) is 5.82 Å². The van der Waals surface area contributed by atoms with Gasteiger partial charge in [0.2, 0.25) is 5.91 Å². The van der Waals surface area contributed by atoms with Crippen LogP contribution < -0.4 is 4.90 Å². The van der Waals surface area contributed by atoms with Gasteiger partial charge in [-0.1, -0.05) is 0 Å². The van der Waals surface area contributed by atoms with E-state index in [1.807, 2.05) is 0 Å². The van der Waals surface area contributed by atoms with Crippen molar-refractivity contribution >= 4 is 23.2 Å². The van der Waals surface area contributed by atoms with Crippen molar-refractivity contribution in [3.05, 3.63) is 24.3 Å². The quantitative estimate of drug-likeness (QED) is 0.665. The molecule has 1 aliphatic rings. The Morgan fingerprint density at radius 3 is 2.93 bits per heavy atom. The Labute approximate surface area is 85.5 Å². The van der Waals surface area contributed by atoms with E-state index in [-0.39, 0.29) is 11.3 Å². The zero-order chi connectivity index (χ0) is 10.1. The third-order valence-corrected chi connectivity index (χ3v) is 2.37. The van der Waals surface area contributed by atoms with Crippen LogP contribution in [0.1, 0.15) is 6.42 Å². The zero-order valence-corrected chi connectivity index (χ0v) is 8.04. The van der Waals surface area contributed by atoms with E-state index in [1.54, 1.807) is 0 Å². The van der Waals surface area contributed by atoms with Crippen LogP contribution in [-0.4, -0.2) is 22.8 Å². The van der Waals surface area contributed by atoms with E-state index in [1.165, 1.54) is 17.2 Å². The van der Waals surface area contributed by atoms with E-state index in [2.05, 4.69) is 4.98 Å². The largest absolute Gasteiger partial charge is 0.309 e. The number of rotatable bonds is 1. The number of hydrogen-bond acceptors (Lipinski definition) is 2. The number of nitrogens with zero attached hydrogens (tertiary/aromatic N) is 2.